The molecule has 0 bridgehead atoms. The third kappa shape index (κ3) is 5.29. The molecule has 1 aliphatic heterocycles. The minimum atomic E-state index is -0.152. The van der Waals surface area contributed by atoms with Crippen molar-refractivity contribution in [3.05, 3.63) is 35.6 Å². The summed E-state index contributed by atoms with van der Waals surface area (Å²) < 4.78 is 12.8. The van der Waals surface area contributed by atoms with Crippen LogP contribution >= 0.6 is 0 Å². The summed E-state index contributed by atoms with van der Waals surface area (Å²) in [5.41, 5.74) is 1.21. The van der Waals surface area contributed by atoms with Crippen LogP contribution in [-0.4, -0.2) is 37.6 Å². The number of nitrogens with zero attached hydrogens (tertiary/aromatic N) is 1. The molecular formula is C16H25FN2. The second kappa shape index (κ2) is 7.61. The second-order valence-electron chi connectivity index (χ2n) is 5.62. The molecule has 106 valence electrons. The molecule has 0 saturated carbocycles. The lowest BCUT2D eigenvalue weighted by Gasteiger charge is -2.26. The van der Waals surface area contributed by atoms with E-state index in [4.69, 9.17) is 0 Å². The standard InChI is InChI=1S/C16H25FN2/c1-19(13-10-16-4-2-3-11-18-16)12-9-14-5-7-15(17)8-6-14/h5-8,16,18H,2-4,9-13H2,1H3. The highest BCUT2D eigenvalue weighted by atomic mass is 19.1. The summed E-state index contributed by atoms with van der Waals surface area (Å²) in [5, 5.41) is 3.59. The van der Waals surface area contributed by atoms with Crippen LogP contribution in [0.1, 0.15) is 31.2 Å². The van der Waals surface area contributed by atoms with Gasteiger partial charge < -0.3 is 10.2 Å². The van der Waals surface area contributed by atoms with Crippen LogP contribution in [0.2, 0.25) is 0 Å². The fraction of sp³-hybridized carbons (Fsp3) is 0.625. The first kappa shape index (κ1) is 14.5. The van der Waals surface area contributed by atoms with Crippen LogP contribution in [0.3, 0.4) is 0 Å². The topological polar surface area (TPSA) is 15.3 Å². The average molecular weight is 264 g/mol. The van der Waals surface area contributed by atoms with Gasteiger partial charge in [-0.3, -0.25) is 0 Å². The largest absolute Gasteiger partial charge is 0.314 e. The highest BCUT2D eigenvalue weighted by molar-refractivity contribution is 5.16. The average Bonchev–Trinajstić information content (AvgIpc) is 2.45. The van der Waals surface area contributed by atoms with Gasteiger partial charge in [0.15, 0.2) is 0 Å². The van der Waals surface area contributed by atoms with Crippen LogP contribution < -0.4 is 5.32 Å². The van der Waals surface area contributed by atoms with Gasteiger partial charge in [-0.2, -0.15) is 0 Å². The van der Waals surface area contributed by atoms with E-state index >= 15 is 0 Å². The first-order chi connectivity index (χ1) is 9.24. The lowest BCUT2D eigenvalue weighted by molar-refractivity contribution is 0.290. The Balaban J connectivity index is 1.63. The zero-order chi connectivity index (χ0) is 13.5. The van der Waals surface area contributed by atoms with Crippen molar-refractivity contribution < 1.29 is 4.39 Å². The van der Waals surface area contributed by atoms with Gasteiger partial charge in [0, 0.05) is 12.6 Å². The molecule has 0 spiro atoms. The second-order valence-corrected chi connectivity index (χ2v) is 5.62. The Labute approximate surface area is 116 Å². The van der Waals surface area contributed by atoms with Crippen molar-refractivity contribution in [2.24, 2.45) is 0 Å². The van der Waals surface area contributed by atoms with Crippen molar-refractivity contribution in [3.8, 4) is 0 Å². The van der Waals surface area contributed by atoms with Gasteiger partial charge >= 0.3 is 0 Å². The van der Waals surface area contributed by atoms with E-state index in [2.05, 4.69) is 17.3 Å². The predicted molar refractivity (Wildman–Crippen MR) is 77.9 cm³/mol. The Morgan fingerprint density at radius 3 is 2.68 bits per heavy atom. The van der Waals surface area contributed by atoms with E-state index in [0.29, 0.717) is 6.04 Å². The summed E-state index contributed by atoms with van der Waals surface area (Å²) in [6, 6.07) is 7.56. The molecule has 0 aliphatic carbocycles. The number of halogens is 1. The van der Waals surface area contributed by atoms with Crippen molar-refractivity contribution in [2.45, 2.75) is 38.1 Å². The number of likely N-dealkylation sites (N-methyl/N-ethyl adjacent to an activating group) is 1. The Hall–Kier alpha value is -0.930. The van der Waals surface area contributed by atoms with Crippen LogP contribution in [0, 0.1) is 5.82 Å². The Morgan fingerprint density at radius 1 is 1.21 bits per heavy atom. The Morgan fingerprint density at radius 2 is 2.00 bits per heavy atom. The molecule has 1 fully saturated rings. The maximum atomic E-state index is 12.8. The van der Waals surface area contributed by atoms with Crippen LogP contribution in [0.5, 0.6) is 0 Å². The van der Waals surface area contributed by atoms with Gasteiger partial charge in [0.1, 0.15) is 5.82 Å². The smallest absolute Gasteiger partial charge is 0.123 e. The number of benzene rings is 1. The Kier molecular flexibility index (Phi) is 5.80. The third-order valence-electron chi connectivity index (χ3n) is 3.97. The molecule has 1 heterocycles. The van der Waals surface area contributed by atoms with E-state index in [9.17, 15) is 4.39 Å². The van der Waals surface area contributed by atoms with Crippen LogP contribution in [0.4, 0.5) is 4.39 Å². The molecule has 2 nitrogen and oxygen atoms in total. The fourth-order valence-electron chi connectivity index (χ4n) is 2.63. The first-order valence-corrected chi connectivity index (χ1v) is 7.40. The fourth-order valence-corrected chi connectivity index (χ4v) is 2.63. The monoisotopic (exact) mass is 264 g/mol. The van der Waals surface area contributed by atoms with Gasteiger partial charge in [0.05, 0.1) is 0 Å². The van der Waals surface area contributed by atoms with E-state index in [1.54, 1.807) is 12.1 Å². The highest BCUT2D eigenvalue weighted by Gasteiger charge is 2.12. The predicted octanol–water partition coefficient (Wildman–Crippen LogP) is 2.83. The van der Waals surface area contributed by atoms with Crippen LogP contribution in [0.15, 0.2) is 24.3 Å². The summed E-state index contributed by atoms with van der Waals surface area (Å²) in [4.78, 5) is 2.37. The van der Waals surface area contributed by atoms with E-state index in [1.165, 1.54) is 37.8 Å². The zero-order valence-electron chi connectivity index (χ0n) is 11.9. The molecule has 1 unspecified atom stereocenters. The van der Waals surface area contributed by atoms with E-state index in [1.807, 2.05) is 12.1 Å². The third-order valence-corrected chi connectivity index (χ3v) is 3.97. The number of rotatable bonds is 6. The minimum Gasteiger partial charge on any atom is -0.314 e. The molecule has 1 saturated heterocycles. The molecule has 0 radical (unpaired) electrons. The molecule has 3 heteroatoms. The first-order valence-electron chi connectivity index (χ1n) is 7.40. The molecule has 1 aromatic carbocycles. The molecule has 1 aliphatic rings. The maximum absolute atomic E-state index is 12.8. The summed E-state index contributed by atoms with van der Waals surface area (Å²) in [7, 11) is 2.17. The number of hydrogen-bond donors (Lipinski definition) is 1. The normalized spacial score (nSPS) is 19.8. The number of hydrogen-bond acceptors (Lipinski definition) is 2. The lowest BCUT2D eigenvalue weighted by atomic mass is 10.0. The molecule has 1 N–H and O–H groups in total. The summed E-state index contributed by atoms with van der Waals surface area (Å²) in [5.74, 6) is -0.152. The molecule has 0 aromatic heterocycles. The van der Waals surface area contributed by atoms with Gasteiger partial charge in [-0.15, -0.1) is 0 Å². The van der Waals surface area contributed by atoms with Crippen molar-refractivity contribution in [3.63, 3.8) is 0 Å². The van der Waals surface area contributed by atoms with E-state index in [-0.39, 0.29) is 5.82 Å². The number of nitrogens with one attached hydrogen (secondary N) is 1. The van der Waals surface area contributed by atoms with E-state index in [0.717, 1.165) is 19.5 Å². The van der Waals surface area contributed by atoms with E-state index < -0.39 is 0 Å². The van der Waals surface area contributed by atoms with Gasteiger partial charge in [-0.05, 0) is 63.5 Å². The molecule has 1 aromatic rings. The molecule has 0 amide bonds. The van der Waals surface area contributed by atoms with Gasteiger partial charge in [-0.1, -0.05) is 18.6 Å². The summed E-state index contributed by atoms with van der Waals surface area (Å²) in [6.07, 6.45) is 6.26. The van der Waals surface area contributed by atoms with Crippen molar-refractivity contribution >= 4 is 0 Å². The van der Waals surface area contributed by atoms with Crippen LogP contribution in [0.25, 0.3) is 0 Å². The molecule has 2 rings (SSSR count). The summed E-state index contributed by atoms with van der Waals surface area (Å²) in [6.45, 7) is 3.36. The van der Waals surface area contributed by atoms with Crippen molar-refractivity contribution in [1.29, 1.82) is 0 Å². The minimum absolute atomic E-state index is 0.152. The summed E-state index contributed by atoms with van der Waals surface area (Å²) >= 11 is 0. The molecule has 1 atom stereocenters. The van der Waals surface area contributed by atoms with Crippen molar-refractivity contribution in [2.75, 3.05) is 26.7 Å². The van der Waals surface area contributed by atoms with Gasteiger partial charge in [0.2, 0.25) is 0 Å². The highest BCUT2D eigenvalue weighted by Crippen LogP contribution is 2.10. The zero-order valence-corrected chi connectivity index (χ0v) is 11.9. The Bertz CT molecular complexity index is 358. The van der Waals surface area contributed by atoms with Crippen LogP contribution in [-0.2, 0) is 6.42 Å². The maximum Gasteiger partial charge on any atom is 0.123 e. The van der Waals surface area contributed by atoms with Gasteiger partial charge in [0.25, 0.3) is 0 Å². The molecular weight excluding hydrogens is 239 g/mol. The number of piperidine rings is 1. The molecule has 19 heavy (non-hydrogen) atoms. The van der Waals surface area contributed by atoms with Crippen molar-refractivity contribution in [1.82, 2.24) is 10.2 Å². The quantitative estimate of drug-likeness (QED) is 0.850. The lowest BCUT2D eigenvalue weighted by Crippen LogP contribution is -2.37. The SMILES string of the molecule is CN(CCc1ccc(F)cc1)CCC1CCCCN1. The van der Waals surface area contributed by atoms with Gasteiger partial charge in [-0.25, -0.2) is 4.39 Å².